The van der Waals surface area contributed by atoms with Crippen LogP contribution in [0, 0.1) is 13.8 Å². The molecule has 0 aliphatic carbocycles. The summed E-state index contributed by atoms with van der Waals surface area (Å²) in [6.45, 7) is 9.84. The van der Waals surface area contributed by atoms with Gasteiger partial charge in [0, 0.05) is 10.5 Å². The van der Waals surface area contributed by atoms with Gasteiger partial charge in [0.25, 0.3) is 0 Å². The van der Waals surface area contributed by atoms with Gasteiger partial charge in [-0.15, -0.1) is 11.8 Å². The number of benzene rings is 2. The van der Waals surface area contributed by atoms with Crippen molar-refractivity contribution in [3.05, 3.63) is 65.2 Å². The summed E-state index contributed by atoms with van der Waals surface area (Å²) in [6, 6.07) is 17.2. The molecule has 1 saturated heterocycles. The molecule has 2 N–H and O–H groups in total. The van der Waals surface area contributed by atoms with Crippen molar-refractivity contribution in [3.8, 4) is 0 Å². The second-order valence-corrected chi connectivity index (χ2v) is 8.60. The molecule has 0 bridgehead atoms. The minimum atomic E-state index is 0.0587. The van der Waals surface area contributed by atoms with Crippen molar-refractivity contribution in [1.82, 2.24) is 5.32 Å². The van der Waals surface area contributed by atoms with Gasteiger partial charge < -0.3 is 15.0 Å². The zero-order valence-corrected chi connectivity index (χ0v) is 17.9. The largest absolute Gasteiger partial charge is 0.370 e. The van der Waals surface area contributed by atoms with E-state index >= 15 is 0 Å². The van der Waals surface area contributed by atoms with E-state index in [1.165, 1.54) is 21.6 Å². The second-order valence-electron chi connectivity index (χ2n) is 7.55. The Hall–Kier alpha value is -1.82. The van der Waals surface area contributed by atoms with Crippen LogP contribution in [0.15, 0.2) is 53.4 Å². The highest BCUT2D eigenvalue weighted by Crippen LogP contribution is 2.21. The van der Waals surface area contributed by atoms with Crippen molar-refractivity contribution in [2.45, 2.75) is 37.8 Å². The lowest BCUT2D eigenvalue weighted by molar-refractivity contribution is -0.940. The first-order valence-corrected chi connectivity index (χ1v) is 11.0. The van der Waals surface area contributed by atoms with Crippen LogP contribution in [0.1, 0.15) is 29.7 Å². The van der Waals surface area contributed by atoms with Crippen LogP contribution in [0.4, 0.5) is 0 Å². The molecule has 1 amide bonds. The number of aryl methyl sites for hydroxylation is 2. The minimum absolute atomic E-state index is 0.0587. The Kier molecular flexibility index (Phi) is 7.54. The number of rotatable bonds is 7. The van der Waals surface area contributed by atoms with E-state index in [1.54, 1.807) is 11.8 Å². The Morgan fingerprint density at radius 1 is 1.11 bits per heavy atom. The van der Waals surface area contributed by atoms with E-state index in [-0.39, 0.29) is 18.0 Å². The van der Waals surface area contributed by atoms with E-state index in [4.69, 9.17) is 4.74 Å². The molecule has 3 rings (SSSR count). The summed E-state index contributed by atoms with van der Waals surface area (Å²) >= 11 is 1.60. The molecule has 2 atom stereocenters. The van der Waals surface area contributed by atoms with Crippen LogP contribution in [0.25, 0.3) is 0 Å². The zero-order chi connectivity index (χ0) is 19.9. The molecule has 1 heterocycles. The summed E-state index contributed by atoms with van der Waals surface area (Å²) in [6.07, 6.45) is 0. The molecule has 2 aromatic carbocycles. The lowest BCUT2D eigenvalue weighted by Gasteiger charge is -2.35. The molecule has 0 saturated carbocycles. The molecule has 1 aliphatic heterocycles. The molecule has 0 radical (unpaired) electrons. The van der Waals surface area contributed by atoms with E-state index in [0.717, 1.165) is 31.2 Å². The van der Waals surface area contributed by atoms with Crippen molar-refractivity contribution in [2.75, 3.05) is 32.1 Å². The summed E-state index contributed by atoms with van der Waals surface area (Å²) in [5, 5.41) is 3.25. The van der Waals surface area contributed by atoms with Gasteiger partial charge in [0.05, 0.1) is 25.0 Å². The van der Waals surface area contributed by atoms with Crippen LogP contribution in [0.5, 0.6) is 0 Å². The average Bonchev–Trinajstić information content (AvgIpc) is 2.71. The van der Waals surface area contributed by atoms with E-state index in [2.05, 4.69) is 68.6 Å². The summed E-state index contributed by atoms with van der Waals surface area (Å²) < 4.78 is 5.54. The van der Waals surface area contributed by atoms with Crippen molar-refractivity contribution in [3.63, 3.8) is 0 Å². The highest BCUT2D eigenvalue weighted by atomic mass is 32.2. The standard InChI is InChI=1S/C23H30N2O2S/c1-17-9-10-21(15-18(17)2)28-16-22(26)24-19(3)23(20-7-5-4-6-8-20)25-11-13-27-14-12-25/h4-10,15,19,23H,11-14,16H2,1-3H3,(H,24,26)/p+1/t19-,23+/m0/s1. The maximum Gasteiger partial charge on any atom is 0.230 e. The quantitative estimate of drug-likeness (QED) is 0.703. The Morgan fingerprint density at radius 3 is 2.50 bits per heavy atom. The van der Waals surface area contributed by atoms with Gasteiger partial charge in [-0.05, 0) is 44.0 Å². The van der Waals surface area contributed by atoms with Gasteiger partial charge in [-0.1, -0.05) is 36.4 Å². The predicted octanol–water partition coefficient (Wildman–Crippen LogP) is 2.56. The highest BCUT2D eigenvalue weighted by Gasteiger charge is 2.32. The molecule has 0 unspecified atom stereocenters. The van der Waals surface area contributed by atoms with Crippen LogP contribution in [-0.2, 0) is 9.53 Å². The number of carbonyl (C=O) groups is 1. The van der Waals surface area contributed by atoms with Gasteiger partial charge in [-0.25, -0.2) is 0 Å². The lowest BCUT2D eigenvalue weighted by atomic mass is 9.98. The van der Waals surface area contributed by atoms with Gasteiger partial charge in [0.2, 0.25) is 5.91 Å². The summed E-state index contributed by atoms with van der Waals surface area (Å²) in [7, 11) is 0. The third-order valence-corrected chi connectivity index (χ3v) is 6.46. The highest BCUT2D eigenvalue weighted by molar-refractivity contribution is 8.00. The van der Waals surface area contributed by atoms with E-state index in [0.29, 0.717) is 5.75 Å². The molecule has 0 spiro atoms. The van der Waals surface area contributed by atoms with E-state index in [1.807, 2.05) is 6.07 Å². The minimum Gasteiger partial charge on any atom is -0.370 e. The van der Waals surface area contributed by atoms with Gasteiger partial charge in [-0.3, -0.25) is 4.79 Å². The van der Waals surface area contributed by atoms with Crippen LogP contribution < -0.4 is 10.2 Å². The van der Waals surface area contributed by atoms with Gasteiger partial charge in [0.15, 0.2) is 0 Å². The van der Waals surface area contributed by atoms with Gasteiger partial charge >= 0.3 is 0 Å². The monoisotopic (exact) mass is 399 g/mol. The topological polar surface area (TPSA) is 42.8 Å². The third-order valence-electron chi connectivity index (χ3n) is 5.47. The first kappa shape index (κ1) is 20.9. The van der Waals surface area contributed by atoms with Crippen LogP contribution in [0.3, 0.4) is 0 Å². The summed E-state index contributed by atoms with van der Waals surface area (Å²) in [5.74, 6) is 0.525. The Morgan fingerprint density at radius 2 is 1.82 bits per heavy atom. The van der Waals surface area contributed by atoms with Crippen molar-refractivity contribution in [1.29, 1.82) is 0 Å². The maximum atomic E-state index is 12.6. The van der Waals surface area contributed by atoms with Crippen molar-refractivity contribution in [2.24, 2.45) is 0 Å². The molecule has 2 aromatic rings. The number of ether oxygens (including phenoxy) is 1. The molecular weight excluding hydrogens is 368 g/mol. The van der Waals surface area contributed by atoms with Crippen LogP contribution in [0.2, 0.25) is 0 Å². The fourth-order valence-electron chi connectivity index (χ4n) is 3.81. The first-order chi connectivity index (χ1) is 13.5. The maximum absolute atomic E-state index is 12.6. The molecule has 4 nitrogen and oxygen atoms in total. The number of amides is 1. The third kappa shape index (κ3) is 5.60. The molecule has 1 aliphatic rings. The molecule has 0 aromatic heterocycles. The summed E-state index contributed by atoms with van der Waals surface area (Å²) in [5.41, 5.74) is 3.81. The first-order valence-electron chi connectivity index (χ1n) is 10.0. The average molecular weight is 400 g/mol. The van der Waals surface area contributed by atoms with Crippen molar-refractivity contribution >= 4 is 17.7 Å². The molecule has 1 fully saturated rings. The fourth-order valence-corrected chi connectivity index (χ4v) is 4.62. The number of hydrogen-bond acceptors (Lipinski definition) is 3. The number of morpholine rings is 1. The van der Waals surface area contributed by atoms with Gasteiger partial charge in [0.1, 0.15) is 19.1 Å². The smallest absolute Gasteiger partial charge is 0.230 e. The van der Waals surface area contributed by atoms with Crippen LogP contribution in [-0.4, -0.2) is 44.0 Å². The predicted molar refractivity (Wildman–Crippen MR) is 115 cm³/mol. The molecule has 150 valence electrons. The van der Waals surface area contributed by atoms with E-state index in [9.17, 15) is 4.79 Å². The Labute approximate surface area is 172 Å². The van der Waals surface area contributed by atoms with Crippen molar-refractivity contribution < 1.29 is 14.4 Å². The molecule has 28 heavy (non-hydrogen) atoms. The Balaban J connectivity index is 1.62. The Bertz CT molecular complexity index is 775. The van der Waals surface area contributed by atoms with Gasteiger partial charge in [-0.2, -0.15) is 0 Å². The van der Waals surface area contributed by atoms with E-state index < -0.39 is 0 Å². The number of nitrogens with one attached hydrogen (secondary N) is 2. The summed E-state index contributed by atoms with van der Waals surface area (Å²) in [4.78, 5) is 15.3. The molecule has 5 heteroatoms. The number of thioether (sulfide) groups is 1. The fraction of sp³-hybridized carbons (Fsp3) is 0.435. The normalized spacial score (nSPS) is 17.1. The SMILES string of the molecule is Cc1ccc(SCC(=O)N[C@@H](C)[C@H](c2ccccc2)[NH+]2CCOCC2)cc1C. The number of hydrogen-bond donors (Lipinski definition) is 2. The number of quaternary nitrogens is 1. The molecular formula is C23H31N2O2S+. The number of carbonyl (C=O) groups excluding carboxylic acids is 1. The second kappa shape index (κ2) is 10.1. The zero-order valence-electron chi connectivity index (χ0n) is 17.0. The lowest BCUT2D eigenvalue weighted by Crippen LogP contribution is -3.15. The van der Waals surface area contributed by atoms with Crippen LogP contribution >= 0.6 is 11.8 Å².